The van der Waals surface area contributed by atoms with Gasteiger partial charge in [0.15, 0.2) is 0 Å². The predicted molar refractivity (Wildman–Crippen MR) is 63.1 cm³/mol. The molecule has 4 heteroatoms. The Kier molecular flexibility index (Phi) is 3.26. The van der Waals surface area contributed by atoms with E-state index < -0.39 is 12.2 Å². The van der Waals surface area contributed by atoms with E-state index in [-0.39, 0.29) is 5.92 Å². The number of allylic oxidation sites excluding steroid dienone is 1. The molecule has 3 N–H and O–H groups in total. The van der Waals surface area contributed by atoms with Crippen LogP contribution in [0.4, 0.5) is 0 Å². The van der Waals surface area contributed by atoms with Gasteiger partial charge in [-0.25, -0.2) is 0 Å². The van der Waals surface area contributed by atoms with Crippen molar-refractivity contribution in [2.75, 3.05) is 0 Å². The van der Waals surface area contributed by atoms with Crippen molar-refractivity contribution in [1.29, 1.82) is 0 Å². The number of aliphatic hydroxyl groups is 2. The summed E-state index contributed by atoms with van der Waals surface area (Å²) in [6.45, 7) is 3.79. The largest absolute Gasteiger partial charge is 0.390 e. The van der Waals surface area contributed by atoms with Crippen LogP contribution in [0.5, 0.6) is 0 Å². The van der Waals surface area contributed by atoms with Crippen LogP contribution in [-0.4, -0.2) is 22.7 Å². The number of fused-ring (bicyclic) bond motifs is 1. The average Bonchev–Trinajstić information content (AvgIpc) is 2.34. The van der Waals surface area contributed by atoms with Crippen molar-refractivity contribution in [3.05, 3.63) is 47.7 Å². The highest BCUT2D eigenvalue weighted by atomic mass is 16.3. The van der Waals surface area contributed by atoms with Gasteiger partial charge in [0, 0.05) is 11.6 Å². The van der Waals surface area contributed by atoms with Crippen LogP contribution >= 0.6 is 0 Å². The van der Waals surface area contributed by atoms with Crippen molar-refractivity contribution >= 4 is 6.41 Å². The Hall–Kier alpha value is -1.65. The minimum atomic E-state index is -0.869. The van der Waals surface area contributed by atoms with Crippen LogP contribution in [0.1, 0.15) is 29.6 Å². The van der Waals surface area contributed by atoms with Crippen LogP contribution < -0.4 is 5.32 Å². The van der Waals surface area contributed by atoms with Gasteiger partial charge in [0.1, 0.15) is 6.10 Å². The van der Waals surface area contributed by atoms with E-state index in [2.05, 4.69) is 11.9 Å². The fourth-order valence-corrected chi connectivity index (χ4v) is 2.31. The molecule has 0 fully saturated rings. The standard InChI is InChI=1S/C13H15NO3/c1-8(14-7-15)11-6-12(16)13(17)10-5-3-2-4-9(10)11/h2-5,7,11-13,16-17H,1,6H2,(H,14,15). The third-order valence-electron chi connectivity index (χ3n) is 3.20. The van der Waals surface area contributed by atoms with E-state index in [1.54, 1.807) is 6.07 Å². The number of carbonyl (C=O) groups is 1. The molecule has 1 aliphatic carbocycles. The molecule has 1 aromatic rings. The Morgan fingerprint density at radius 3 is 2.65 bits per heavy atom. The molecular weight excluding hydrogens is 218 g/mol. The normalized spacial score (nSPS) is 27.1. The van der Waals surface area contributed by atoms with Gasteiger partial charge in [-0.15, -0.1) is 0 Å². The molecule has 0 saturated heterocycles. The lowest BCUT2D eigenvalue weighted by Gasteiger charge is -2.33. The lowest BCUT2D eigenvalue weighted by Crippen LogP contribution is -2.31. The second kappa shape index (κ2) is 4.69. The first kappa shape index (κ1) is 11.8. The predicted octanol–water partition coefficient (Wildman–Crippen LogP) is 0.828. The van der Waals surface area contributed by atoms with E-state index in [1.165, 1.54) is 0 Å². The first-order valence-corrected chi connectivity index (χ1v) is 5.49. The number of benzene rings is 1. The molecule has 1 aromatic carbocycles. The zero-order valence-corrected chi connectivity index (χ0v) is 9.34. The molecule has 90 valence electrons. The Morgan fingerprint density at radius 1 is 1.35 bits per heavy atom. The highest BCUT2D eigenvalue weighted by Crippen LogP contribution is 2.39. The smallest absolute Gasteiger partial charge is 0.211 e. The molecule has 0 aliphatic heterocycles. The molecular formula is C13H15NO3. The summed E-state index contributed by atoms with van der Waals surface area (Å²) in [5.41, 5.74) is 2.15. The number of amides is 1. The molecule has 17 heavy (non-hydrogen) atoms. The van der Waals surface area contributed by atoms with E-state index in [4.69, 9.17) is 0 Å². The maximum Gasteiger partial charge on any atom is 0.211 e. The summed E-state index contributed by atoms with van der Waals surface area (Å²) >= 11 is 0. The van der Waals surface area contributed by atoms with E-state index in [1.807, 2.05) is 18.2 Å². The van der Waals surface area contributed by atoms with Gasteiger partial charge in [-0.1, -0.05) is 30.8 Å². The van der Waals surface area contributed by atoms with Crippen molar-refractivity contribution < 1.29 is 15.0 Å². The monoisotopic (exact) mass is 233 g/mol. The SMILES string of the molecule is C=C(NC=O)C1CC(O)C(O)c2ccccc21. The van der Waals surface area contributed by atoms with E-state index in [0.717, 1.165) is 5.56 Å². The maximum atomic E-state index is 10.4. The molecule has 0 bridgehead atoms. The maximum absolute atomic E-state index is 10.4. The quantitative estimate of drug-likeness (QED) is 0.677. The molecule has 1 amide bonds. The van der Waals surface area contributed by atoms with Crippen LogP contribution in [-0.2, 0) is 4.79 Å². The first-order chi connectivity index (χ1) is 8.15. The Morgan fingerprint density at radius 2 is 2.00 bits per heavy atom. The summed E-state index contributed by atoms with van der Waals surface area (Å²) in [7, 11) is 0. The average molecular weight is 233 g/mol. The van der Waals surface area contributed by atoms with Crippen molar-refractivity contribution in [1.82, 2.24) is 5.32 Å². The summed E-state index contributed by atoms with van der Waals surface area (Å²) in [5, 5.41) is 22.2. The lowest BCUT2D eigenvalue weighted by atomic mass is 9.78. The van der Waals surface area contributed by atoms with Crippen molar-refractivity contribution in [2.45, 2.75) is 24.5 Å². The molecule has 4 nitrogen and oxygen atoms in total. The zero-order chi connectivity index (χ0) is 12.4. The van der Waals surface area contributed by atoms with Crippen LogP contribution in [0.25, 0.3) is 0 Å². The number of nitrogens with one attached hydrogen (secondary N) is 1. The highest BCUT2D eigenvalue weighted by molar-refractivity contribution is 5.52. The van der Waals surface area contributed by atoms with Gasteiger partial charge in [0.05, 0.1) is 6.10 Å². The fraction of sp³-hybridized carbons (Fsp3) is 0.308. The number of rotatable bonds is 3. The Balaban J connectivity index is 2.40. The summed E-state index contributed by atoms with van der Waals surface area (Å²) in [4.78, 5) is 10.4. The topological polar surface area (TPSA) is 69.6 Å². The van der Waals surface area contributed by atoms with Gasteiger partial charge in [-0.2, -0.15) is 0 Å². The van der Waals surface area contributed by atoms with Gasteiger partial charge in [-0.3, -0.25) is 4.79 Å². The molecule has 1 aliphatic rings. The van der Waals surface area contributed by atoms with Crippen LogP contribution in [0.3, 0.4) is 0 Å². The molecule has 0 saturated carbocycles. The number of hydrogen-bond acceptors (Lipinski definition) is 3. The van der Waals surface area contributed by atoms with E-state index in [9.17, 15) is 15.0 Å². The number of hydrogen-bond donors (Lipinski definition) is 3. The minimum Gasteiger partial charge on any atom is -0.390 e. The summed E-state index contributed by atoms with van der Waals surface area (Å²) in [5.74, 6) is -0.158. The molecule has 2 rings (SSSR count). The zero-order valence-electron chi connectivity index (χ0n) is 9.34. The van der Waals surface area contributed by atoms with Gasteiger partial charge in [0.2, 0.25) is 6.41 Å². The Bertz CT molecular complexity index is 444. The highest BCUT2D eigenvalue weighted by Gasteiger charge is 2.33. The molecule has 0 spiro atoms. The minimum absolute atomic E-state index is 0.158. The van der Waals surface area contributed by atoms with Crippen molar-refractivity contribution in [2.24, 2.45) is 0 Å². The number of carbonyl (C=O) groups excluding carboxylic acids is 1. The third-order valence-corrected chi connectivity index (χ3v) is 3.20. The first-order valence-electron chi connectivity index (χ1n) is 5.49. The lowest BCUT2D eigenvalue weighted by molar-refractivity contribution is -0.109. The van der Waals surface area contributed by atoms with E-state index >= 15 is 0 Å². The summed E-state index contributed by atoms with van der Waals surface area (Å²) < 4.78 is 0. The number of aliphatic hydroxyl groups excluding tert-OH is 2. The van der Waals surface area contributed by atoms with Gasteiger partial charge in [0.25, 0.3) is 0 Å². The molecule has 0 radical (unpaired) electrons. The van der Waals surface area contributed by atoms with Crippen molar-refractivity contribution in [3.8, 4) is 0 Å². The summed E-state index contributed by atoms with van der Waals surface area (Å²) in [6.07, 6.45) is -0.771. The second-order valence-corrected chi connectivity index (χ2v) is 4.22. The summed E-state index contributed by atoms with van der Waals surface area (Å²) in [6, 6.07) is 7.34. The van der Waals surface area contributed by atoms with E-state index in [0.29, 0.717) is 24.1 Å². The third kappa shape index (κ3) is 2.09. The fourth-order valence-electron chi connectivity index (χ4n) is 2.31. The molecule has 0 heterocycles. The van der Waals surface area contributed by atoms with Crippen LogP contribution in [0, 0.1) is 0 Å². The van der Waals surface area contributed by atoms with Gasteiger partial charge >= 0.3 is 0 Å². The van der Waals surface area contributed by atoms with Gasteiger partial charge < -0.3 is 15.5 Å². The van der Waals surface area contributed by atoms with Crippen molar-refractivity contribution in [3.63, 3.8) is 0 Å². The molecule has 3 atom stereocenters. The molecule has 3 unspecified atom stereocenters. The van der Waals surface area contributed by atoms with Gasteiger partial charge in [-0.05, 0) is 17.5 Å². The van der Waals surface area contributed by atoms with Crippen LogP contribution in [0.2, 0.25) is 0 Å². The molecule has 0 aromatic heterocycles. The van der Waals surface area contributed by atoms with Crippen LogP contribution in [0.15, 0.2) is 36.5 Å². The second-order valence-electron chi connectivity index (χ2n) is 4.22. The Labute approximate surface area is 99.6 Å².